The van der Waals surface area contributed by atoms with E-state index in [2.05, 4.69) is 18.6 Å². The molecule has 0 saturated carbocycles. The minimum absolute atomic E-state index is 0.329. The van der Waals surface area contributed by atoms with Gasteiger partial charge < -0.3 is 15.2 Å². The molecule has 7 nitrogen and oxygen atoms in total. The molecule has 1 rings (SSSR count). The van der Waals surface area contributed by atoms with E-state index < -0.39 is 24.5 Å². The summed E-state index contributed by atoms with van der Waals surface area (Å²) >= 11 is 0. The van der Waals surface area contributed by atoms with E-state index in [0.29, 0.717) is 11.7 Å². The van der Waals surface area contributed by atoms with Crippen LogP contribution < -0.4 is 15.8 Å². The van der Waals surface area contributed by atoms with E-state index in [-0.39, 0.29) is 6.61 Å². The fourth-order valence-corrected chi connectivity index (χ4v) is 1.89. The molecule has 0 aliphatic heterocycles. The van der Waals surface area contributed by atoms with Gasteiger partial charge in [-0.05, 0) is 36.1 Å². The van der Waals surface area contributed by atoms with Crippen LogP contribution in [0, 0.1) is 6.92 Å². The van der Waals surface area contributed by atoms with Crippen LogP contribution in [-0.4, -0.2) is 31.1 Å². The lowest BCUT2D eigenvalue weighted by Gasteiger charge is -2.12. The Bertz CT molecular complexity index is 569. The number of primary amides is 1. The molecule has 0 radical (unpaired) electrons. The lowest BCUT2D eigenvalue weighted by molar-refractivity contribution is -0.150. The standard InChI is InChI=1S/C15H20N2O5/c1-9(2)12-5-4-11(6-10(12)3)21-8-14(19)22-7-13(18)17-15(16)20/h4-6,9H,7-8H2,1-3H3,(H3,16,17,18,20). The first-order valence-electron chi connectivity index (χ1n) is 6.78. The number of aryl methyl sites for hydroxylation is 1. The van der Waals surface area contributed by atoms with Crippen LogP contribution in [0.5, 0.6) is 5.75 Å². The average Bonchev–Trinajstić information content (AvgIpc) is 2.41. The van der Waals surface area contributed by atoms with Crippen molar-refractivity contribution in [3.8, 4) is 5.75 Å². The second-order valence-electron chi connectivity index (χ2n) is 5.03. The van der Waals surface area contributed by atoms with E-state index in [1.54, 1.807) is 11.4 Å². The van der Waals surface area contributed by atoms with Crippen molar-refractivity contribution in [1.29, 1.82) is 0 Å². The van der Waals surface area contributed by atoms with Gasteiger partial charge in [0.15, 0.2) is 13.2 Å². The number of hydrogen-bond acceptors (Lipinski definition) is 5. The van der Waals surface area contributed by atoms with Crippen molar-refractivity contribution in [1.82, 2.24) is 5.32 Å². The van der Waals surface area contributed by atoms with E-state index in [9.17, 15) is 14.4 Å². The van der Waals surface area contributed by atoms with Crippen molar-refractivity contribution in [2.24, 2.45) is 5.73 Å². The molecule has 0 heterocycles. The number of esters is 1. The maximum atomic E-state index is 11.4. The predicted molar refractivity (Wildman–Crippen MR) is 79.4 cm³/mol. The zero-order valence-electron chi connectivity index (χ0n) is 12.8. The van der Waals surface area contributed by atoms with Crippen molar-refractivity contribution < 1.29 is 23.9 Å². The summed E-state index contributed by atoms with van der Waals surface area (Å²) in [6.45, 7) is 5.24. The Morgan fingerprint density at radius 1 is 1.23 bits per heavy atom. The predicted octanol–water partition coefficient (Wildman–Crippen LogP) is 1.24. The Hall–Kier alpha value is -2.57. The SMILES string of the molecule is Cc1cc(OCC(=O)OCC(=O)NC(N)=O)ccc1C(C)C. The molecule has 0 aliphatic rings. The van der Waals surface area contributed by atoms with Crippen molar-refractivity contribution >= 4 is 17.9 Å². The Balaban J connectivity index is 2.43. The fourth-order valence-electron chi connectivity index (χ4n) is 1.89. The van der Waals surface area contributed by atoms with Crippen LogP contribution in [0.3, 0.4) is 0 Å². The summed E-state index contributed by atoms with van der Waals surface area (Å²) in [6, 6.07) is 4.55. The molecule has 0 aliphatic carbocycles. The van der Waals surface area contributed by atoms with Crippen LogP contribution in [0.25, 0.3) is 0 Å². The van der Waals surface area contributed by atoms with E-state index in [0.717, 1.165) is 5.56 Å². The number of urea groups is 1. The summed E-state index contributed by atoms with van der Waals surface area (Å²) < 4.78 is 9.93. The Kier molecular flexibility index (Phi) is 6.37. The van der Waals surface area contributed by atoms with Gasteiger partial charge >= 0.3 is 12.0 Å². The van der Waals surface area contributed by atoms with Crippen LogP contribution in [0.15, 0.2) is 18.2 Å². The van der Waals surface area contributed by atoms with Crippen LogP contribution in [0.4, 0.5) is 4.79 Å². The van der Waals surface area contributed by atoms with E-state index in [1.807, 2.05) is 19.1 Å². The molecule has 0 spiro atoms. The molecule has 0 bridgehead atoms. The summed E-state index contributed by atoms with van der Waals surface area (Å²) in [7, 11) is 0. The highest BCUT2D eigenvalue weighted by Crippen LogP contribution is 2.23. The summed E-state index contributed by atoms with van der Waals surface area (Å²) in [5.41, 5.74) is 7.02. The molecule has 0 saturated heterocycles. The molecule has 1 aromatic carbocycles. The van der Waals surface area contributed by atoms with Crippen LogP contribution in [0.1, 0.15) is 30.9 Å². The molecule has 0 aromatic heterocycles. The Morgan fingerprint density at radius 2 is 1.91 bits per heavy atom. The average molecular weight is 308 g/mol. The van der Waals surface area contributed by atoms with Crippen LogP contribution >= 0.6 is 0 Å². The number of imide groups is 1. The minimum atomic E-state index is -1.00. The van der Waals surface area contributed by atoms with Gasteiger partial charge in [-0.1, -0.05) is 19.9 Å². The number of carbonyl (C=O) groups excluding carboxylic acids is 3. The summed E-state index contributed by atoms with van der Waals surface area (Å²) in [6.07, 6.45) is 0. The number of carbonyl (C=O) groups is 3. The number of nitrogens with two attached hydrogens (primary N) is 1. The molecule has 120 valence electrons. The van der Waals surface area contributed by atoms with Gasteiger partial charge in [0.25, 0.3) is 5.91 Å². The third kappa shape index (κ3) is 5.82. The summed E-state index contributed by atoms with van der Waals surface area (Å²) in [5.74, 6) is -0.564. The highest BCUT2D eigenvalue weighted by molar-refractivity contribution is 5.94. The second kappa shape index (κ2) is 8.02. The molecular formula is C15H20N2O5. The number of amides is 3. The lowest BCUT2D eigenvalue weighted by Crippen LogP contribution is -2.38. The molecule has 7 heteroatoms. The van der Waals surface area contributed by atoms with Gasteiger partial charge in [0.05, 0.1) is 0 Å². The summed E-state index contributed by atoms with van der Waals surface area (Å²) in [4.78, 5) is 32.9. The van der Waals surface area contributed by atoms with Crippen molar-refractivity contribution in [2.75, 3.05) is 13.2 Å². The van der Waals surface area contributed by atoms with Crippen molar-refractivity contribution in [3.05, 3.63) is 29.3 Å². The quantitative estimate of drug-likeness (QED) is 0.769. The molecular weight excluding hydrogens is 288 g/mol. The van der Waals surface area contributed by atoms with Crippen LogP contribution in [0.2, 0.25) is 0 Å². The van der Waals surface area contributed by atoms with Gasteiger partial charge in [0, 0.05) is 0 Å². The van der Waals surface area contributed by atoms with Crippen molar-refractivity contribution in [3.63, 3.8) is 0 Å². The number of benzene rings is 1. The van der Waals surface area contributed by atoms with Gasteiger partial charge in [0.1, 0.15) is 5.75 Å². The van der Waals surface area contributed by atoms with Gasteiger partial charge in [-0.3, -0.25) is 10.1 Å². The Labute approximate surface area is 128 Å². The van der Waals surface area contributed by atoms with Gasteiger partial charge in [0.2, 0.25) is 0 Å². The molecule has 1 aromatic rings. The third-order valence-electron chi connectivity index (χ3n) is 2.85. The molecule has 0 atom stereocenters. The molecule has 0 fully saturated rings. The fraction of sp³-hybridized carbons (Fsp3) is 0.400. The van der Waals surface area contributed by atoms with Gasteiger partial charge in [-0.2, -0.15) is 0 Å². The first kappa shape index (κ1) is 17.5. The summed E-state index contributed by atoms with van der Waals surface area (Å²) in [5, 5.41) is 1.78. The highest BCUT2D eigenvalue weighted by Gasteiger charge is 2.10. The van der Waals surface area contributed by atoms with E-state index >= 15 is 0 Å². The number of nitrogens with one attached hydrogen (secondary N) is 1. The number of hydrogen-bond donors (Lipinski definition) is 2. The highest BCUT2D eigenvalue weighted by atomic mass is 16.6. The number of ether oxygens (including phenoxy) is 2. The monoisotopic (exact) mass is 308 g/mol. The lowest BCUT2D eigenvalue weighted by atomic mass is 9.98. The molecule has 22 heavy (non-hydrogen) atoms. The maximum Gasteiger partial charge on any atom is 0.344 e. The van der Waals surface area contributed by atoms with E-state index in [1.165, 1.54) is 5.56 Å². The minimum Gasteiger partial charge on any atom is -0.482 e. The second-order valence-corrected chi connectivity index (χ2v) is 5.03. The zero-order valence-corrected chi connectivity index (χ0v) is 12.8. The van der Waals surface area contributed by atoms with Crippen LogP contribution in [-0.2, 0) is 14.3 Å². The molecule has 0 unspecified atom stereocenters. The topological polar surface area (TPSA) is 108 Å². The third-order valence-corrected chi connectivity index (χ3v) is 2.85. The van der Waals surface area contributed by atoms with Gasteiger partial charge in [-0.15, -0.1) is 0 Å². The first-order valence-corrected chi connectivity index (χ1v) is 6.78. The zero-order chi connectivity index (χ0) is 16.7. The molecule has 3 amide bonds. The maximum absolute atomic E-state index is 11.4. The number of rotatable bonds is 6. The van der Waals surface area contributed by atoms with Gasteiger partial charge in [-0.25, -0.2) is 9.59 Å². The molecule has 3 N–H and O–H groups in total. The van der Waals surface area contributed by atoms with Crippen molar-refractivity contribution in [2.45, 2.75) is 26.7 Å². The largest absolute Gasteiger partial charge is 0.482 e. The smallest absolute Gasteiger partial charge is 0.344 e. The first-order chi connectivity index (χ1) is 10.3. The normalized spacial score (nSPS) is 10.2. The van der Waals surface area contributed by atoms with E-state index in [4.69, 9.17) is 10.5 Å². The Morgan fingerprint density at radius 3 is 2.45 bits per heavy atom.